The fourth-order valence-electron chi connectivity index (χ4n) is 3.48. The Balaban J connectivity index is 1.57. The molecule has 1 saturated carbocycles. The summed E-state index contributed by atoms with van der Waals surface area (Å²) in [6.45, 7) is 7.26. The van der Waals surface area contributed by atoms with E-state index in [4.69, 9.17) is 9.47 Å². The van der Waals surface area contributed by atoms with Crippen LogP contribution in [0.4, 0.5) is 17.3 Å². The molecule has 1 aliphatic carbocycles. The summed E-state index contributed by atoms with van der Waals surface area (Å²) in [5.41, 5.74) is 4.14. The van der Waals surface area contributed by atoms with E-state index in [1.165, 1.54) is 0 Å². The van der Waals surface area contributed by atoms with Crippen LogP contribution in [0.1, 0.15) is 44.0 Å². The van der Waals surface area contributed by atoms with Crippen LogP contribution in [-0.2, 0) is 0 Å². The van der Waals surface area contributed by atoms with Gasteiger partial charge in [0.1, 0.15) is 11.5 Å². The number of hydrogen-bond donors (Lipinski definition) is 3. The fraction of sp³-hybridized carbons (Fsp3) is 0.370. The summed E-state index contributed by atoms with van der Waals surface area (Å²) in [6, 6.07) is 11.5. The van der Waals surface area contributed by atoms with Crippen LogP contribution in [0, 0.1) is 5.41 Å². The number of nitrogens with one attached hydrogen (secondary N) is 3. The zero-order chi connectivity index (χ0) is 25.0. The highest BCUT2D eigenvalue weighted by atomic mass is 16.5. The zero-order valence-electron chi connectivity index (χ0n) is 20.9. The van der Waals surface area contributed by atoms with Crippen molar-refractivity contribution in [3.63, 3.8) is 0 Å². The fourth-order valence-corrected chi connectivity index (χ4v) is 3.48. The molecule has 0 aliphatic heterocycles. The lowest BCUT2D eigenvalue weighted by atomic mass is 9.96. The highest BCUT2D eigenvalue weighted by molar-refractivity contribution is 5.97. The first-order valence-corrected chi connectivity index (χ1v) is 11.8. The van der Waals surface area contributed by atoms with E-state index in [2.05, 4.69) is 46.7 Å². The standard InChI is InChI=1S/C27H33N5O3/c1-27(2,3)16-30-24-10-17(25(33)31-19-7-8-19)6-9-23(24)18-14-28-26(29-15-18)32-20-11-21(34-4)13-22(12-20)35-5/h6,9-15,19,30H,7-8,16H2,1-5H3,(H,31,33)(H,28,29,32). The van der Waals surface area contributed by atoms with Gasteiger partial charge in [-0.05, 0) is 30.4 Å². The predicted octanol–water partition coefficient (Wildman–Crippen LogP) is 5.25. The minimum atomic E-state index is -0.0395. The lowest BCUT2D eigenvalue weighted by molar-refractivity contribution is 0.0951. The molecule has 1 heterocycles. The predicted molar refractivity (Wildman–Crippen MR) is 139 cm³/mol. The minimum Gasteiger partial charge on any atom is -0.497 e. The highest BCUT2D eigenvalue weighted by Crippen LogP contribution is 2.31. The van der Waals surface area contributed by atoms with Gasteiger partial charge in [-0.25, -0.2) is 9.97 Å². The number of hydrogen-bond acceptors (Lipinski definition) is 7. The number of nitrogens with zero attached hydrogens (tertiary/aromatic N) is 2. The van der Waals surface area contributed by atoms with E-state index in [0.717, 1.165) is 41.9 Å². The Morgan fingerprint density at radius 3 is 2.23 bits per heavy atom. The van der Waals surface area contributed by atoms with Crippen LogP contribution in [0.25, 0.3) is 11.1 Å². The van der Waals surface area contributed by atoms with Crippen molar-refractivity contribution in [1.82, 2.24) is 15.3 Å². The van der Waals surface area contributed by atoms with Gasteiger partial charge >= 0.3 is 0 Å². The molecular weight excluding hydrogens is 442 g/mol. The molecule has 0 unspecified atom stereocenters. The van der Waals surface area contributed by atoms with Crippen molar-refractivity contribution in [2.45, 2.75) is 39.7 Å². The van der Waals surface area contributed by atoms with Crippen LogP contribution in [0.5, 0.6) is 11.5 Å². The molecule has 1 fully saturated rings. The van der Waals surface area contributed by atoms with Crippen LogP contribution in [0.15, 0.2) is 48.8 Å². The van der Waals surface area contributed by atoms with E-state index in [0.29, 0.717) is 29.1 Å². The lowest BCUT2D eigenvalue weighted by Gasteiger charge is -2.22. The second-order valence-corrected chi connectivity index (χ2v) is 9.94. The number of carbonyl (C=O) groups excluding carboxylic acids is 1. The summed E-state index contributed by atoms with van der Waals surface area (Å²) in [5.74, 6) is 1.75. The molecular formula is C27H33N5O3. The molecule has 184 valence electrons. The molecule has 1 aromatic heterocycles. The minimum absolute atomic E-state index is 0.0395. The Kier molecular flexibility index (Phi) is 7.10. The maximum Gasteiger partial charge on any atom is 0.251 e. The van der Waals surface area contributed by atoms with Gasteiger partial charge in [-0.1, -0.05) is 26.8 Å². The van der Waals surface area contributed by atoms with Gasteiger partial charge in [0.2, 0.25) is 5.95 Å². The lowest BCUT2D eigenvalue weighted by Crippen LogP contribution is -2.25. The molecule has 1 amide bonds. The molecule has 0 bridgehead atoms. The van der Waals surface area contributed by atoms with Crippen molar-refractivity contribution in [3.05, 3.63) is 54.4 Å². The smallest absolute Gasteiger partial charge is 0.251 e. The Hall–Kier alpha value is -3.81. The van der Waals surface area contributed by atoms with Crippen molar-refractivity contribution in [3.8, 4) is 22.6 Å². The normalized spacial score (nSPS) is 13.2. The van der Waals surface area contributed by atoms with Crippen molar-refractivity contribution < 1.29 is 14.3 Å². The van der Waals surface area contributed by atoms with Crippen LogP contribution in [0.2, 0.25) is 0 Å². The summed E-state index contributed by atoms with van der Waals surface area (Å²) in [7, 11) is 3.21. The molecule has 8 nitrogen and oxygen atoms in total. The van der Waals surface area contributed by atoms with E-state index in [1.54, 1.807) is 32.7 Å². The average molecular weight is 476 g/mol. The zero-order valence-corrected chi connectivity index (χ0v) is 20.9. The summed E-state index contributed by atoms with van der Waals surface area (Å²) in [6.07, 6.45) is 5.65. The second kappa shape index (κ2) is 10.2. The second-order valence-electron chi connectivity index (χ2n) is 9.94. The van der Waals surface area contributed by atoms with Gasteiger partial charge in [-0.3, -0.25) is 4.79 Å². The Morgan fingerprint density at radius 2 is 1.66 bits per heavy atom. The first-order chi connectivity index (χ1) is 16.7. The van der Waals surface area contributed by atoms with Gasteiger partial charge in [-0.15, -0.1) is 0 Å². The first-order valence-electron chi connectivity index (χ1n) is 11.8. The number of methoxy groups -OCH3 is 2. The number of anilines is 3. The molecule has 3 N–H and O–H groups in total. The quantitative estimate of drug-likeness (QED) is 0.389. The van der Waals surface area contributed by atoms with Gasteiger partial charge < -0.3 is 25.4 Å². The third-order valence-corrected chi connectivity index (χ3v) is 5.57. The van der Waals surface area contributed by atoms with Crippen LogP contribution >= 0.6 is 0 Å². The number of rotatable bonds is 9. The molecule has 0 saturated heterocycles. The van der Waals surface area contributed by atoms with Crippen LogP contribution < -0.4 is 25.4 Å². The molecule has 0 atom stereocenters. The third-order valence-electron chi connectivity index (χ3n) is 5.57. The topological polar surface area (TPSA) is 97.4 Å². The van der Waals surface area contributed by atoms with E-state index in [1.807, 2.05) is 30.3 Å². The number of carbonyl (C=O) groups is 1. The SMILES string of the molecule is COc1cc(Nc2ncc(-c3ccc(C(=O)NC4CC4)cc3NCC(C)(C)C)cn2)cc(OC)c1. The average Bonchev–Trinajstić information content (AvgIpc) is 3.66. The first kappa shape index (κ1) is 24.3. The third kappa shape index (κ3) is 6.62. The van der Waals surface area contributed by atoms with Crippen molar-refractivity contribution in [1.29, 1.82) is 0 Å². The summed E-state index contributed by atoms with van der Waals surface area (Å²) in [5, 5.41) is 9.76. The highest BCUT2D eigenvalue weighted by Gasteiger charge is 2.24. The van der Waals surface area contributed by atoms with Crippen LogP contribution in [-0.4, -0.2) is 42.7 Å². The van der Waals surface area contributed by atoms with E-state index < -0.39 is 0 Å². The van der Waals surface area contributed by atoms with E-state index in [-0.39, 0.29) is 11.3 Å². The Labute approximate surface area is 206 Å². The maximum absolute atomic E-state index is 12.6. The molecule has 1 aliphatic rings. The van der Waals surface area contributed by atoms with Gasteiger partial charge in [0.05, 0.1) is 14.2 Å². The van der Waals surface area contributed by atoms with Gasteiger partial charge in [-0.2, -0.15) is 0 Å². The number of aromatic nitrogens is 2. The molecule has 4 rings (SSSR count). The van der Waals surface area contributed by atoms with Crippen molar-refractivity contribution in [2.24, 2.45) is 5.41 Å². The molecule has 8 heteroatoms. The van der Waals surface area contributed by atoms with Gasteiger partial charge in [0.25, 0.3) is 5.91 Å². The van der Waals surface area contributed by atoms with Crippen molar-refractivity contribution >= 4 is 23.2 Å². The summed E-state index contributed by atoms with van der Waals surface area (Å²) < 4.78 is 10.7. The molecule has 2 aromatic carbocycles. The van der Waals surface area contributed by atoms with Crippen molar-refractivity contribution in [2.75, 3.05) is 31.4 Å². The monoisotopic (exact) mass is 475 g/mol. The number of benzene rings is 2. The molecule has 0 spiro atoms. The molecule has 35 heavy (non-hydrogen) atoms. The largest absolute Gasteiger partial charge is 0.497 e. The maximum atomic E-state index is 12.6. The van der Waals surface area contributed by atoms with Gasteiger partial charge in [0, 0.05) is 71.2 Å². The number of ether oxygens (including phenoxy) is 2. The van der Waals surface area contributed by atoms with Gasteiger partial charge in [0.15, 0.2) is 0 Å². The Bertz CT molecular complexity index is 1160. The van der Waals surface area contributed by atoms with E-state index in [9.17, 15) is 4.79 Å². The molecule has 3 aromatic rings. The van der Waals surface area contributed by atoms with E-state index >= 15 is 0 Å². The number of amides is 1. The van der Waals surface area contributed by atoms with Crippen LogP contribution in [0.3, 0.4) is 0 Å². The summed E-state index contributed by atoms with van der Waals surface area (Å²) >= 11 is 0. The molecule has 0 radical (unpaired) electrons. The Morgan fingerprint density at radius 1 is 1.00 bits per heavy atom. The summed E-state index contributed by atoms with van der Waals surface area (Å²) in [4.78, 5) is 21.6.